The predicted octanol–water partition coefficient (Wildman–Crippen LogP) is 1.73. The molecule has 0 atom stereocenters. The number of amides is 1. The molecule has 0 aliphatic carbocycles. The lowest BCUT2D eigenvalue weighted by Gasteiger charge is -2.15. The molecule has 0 aromatic carbocycles. The van der Waals surface area contributed by atoms with Crippen molar-refractivity contribution in [3.63, 3.8) is 0 Å². The van der Waals surface area contributed by atoms with Crippen LogP contribution >= 0.6 is 11.3 Å². The smallest absolute Gasteiger partial charge is 0.241 e. The molecule has 3 heterocycles. The van der Waals surface area contributed by atoms with Crippen LogP contribution in [0.15, 0.2) is 17.8 Å². The Morgan fingerprint density at radius 1 is 1.39 bits per heavy atom. The van der Waals surface area contributed by atoms with E-state index in [2.05, 4.69) is 15.3 Å². The van der Waals surface area contributed by atoms with E-state index in [-0.39, 0.29) is 5.91 Å². The molecule has 1 saturated heterocycles. The first-order valence-electron chi connectivity index (χ1n) is 6.04. The van der Waals surface area contributed by atoms with E-state index in [9.17, 15) is 4.79 Å². The van der Waals surface area contributed by atoms with Crippen molar-refractivity contribution in [1.82, 2.24) is 14.9 Å². The molecule has 1 amide bonds. The van der Waals surface area contributed by atoms with Crippen LogP contribution in [-0.4, -0.2) is 40.4 Å². The SMILES string of the molecule is O=C(CNc1ncnc2ccsc12)N1CCCC1. The highest BCUT2D eigenvalue weighted by molar-refractivity contribution is 7.17. The molecule has 0 unspecified atom stereocenters. The summed E-state index contributed by atoms with van der Waals surface area (Å²) in [4.78, 5) is 22.2. The van der Waals surface area contributed by atoms with E-state index in [4.69, 9.17) is 0 Å². The fraction of sp³-hybridized carbons (Fsp3) is 0.417. The minimum Gasteiger partial charge on any atom is -0.360 e. The summed E-state index contributed by atoms with van der Waals surface area (Å²) in [5.41, 5.74) is 0.922. The molecule has 0 radical (unpaired) electrons. The number of nitrogens with one attached hydrogen (secondary N) is 1. The molecular weight excluding hydrogens is 248 g/mol. The molecule has 94 valence electrons. The summed E-state index contributed by atoms with van der Waals surface area (Å²) < 4.78 is 1.01. The maximum Gasteiger partial charge on any atom is 0.241 e. The van der Waals surface area contributed by atoms with Crippen LogP contribution in [-0.2, 0) is 4.79 Å². The van der Waals surface area contributed by atoms with Crippen molar-refractivity contribution in [2.45, 2.75) is 12.8 Å². The average Bonchev–Trinajstić information content (AvgIpc) is 3.05. The number of carbonyl (C=O) groups is 1. The number of aromatic nitrogens is 2. The number of thiophene rings is 1. The van der Waals surface area contributed by atoms with Crippen molar-refractivity contribution in [2.75, 3.05) is 25.0 Å². The molecule has 0 bridgehead atoms. The topological polar surface area (TPSA) is 58.1 Å². The monoisotopic (exact) mass is 262 g/mol. The largest absolute Gasteiger partial charge is 0.360 e. The lowest BCUT2D eigenvalue weighted by atomic mass is 10.4. The highest BCUT2D eigenvalue weighted by atomic mass is 32.1. The molecule has 1 N–H and O–H groups in total. The zero-order valence-corrected chi connectivity index (χ0v) is 10.7. The van der Waals surface area contributed by atoms with Gasteiger partial charge in [-0.05, 0) is 24.3 Å². The standard InChI is InChI=1S/C12H14N4OS/c17-10(16-4-1-2-5-16)7-13-12-11-9(3-6-18-11)14-8-15-12/h3,6,8H,1-2,4-5,7H2,(H,13,14,15). The first-order valence-corrected chi connectivity index (χ1v) is 6.92. The number of hydrogen-bond acceptors (Lipinski definition) is 5. The average molecular weight is 262 g/mol. The van der Waals surface area contributed by atoms with Crippen LogP contribution in [0, 0.1) is 0 Å². The fourth-order valence-corrected chi connectivity index (χ4v) is 2.96. The quantitative estimate of drug-likeness (QED) is 0.915. The van der Waals surface area contributed by atoms with Gasteiger partial charge in [-0.1, -0.05) is 0 Å². The number of rotatable bonds is 3. The van der Waals surface area contributed by atoms with Crippen LogP contribution in [0.25, 0.3) is 10.2 Å². The lowest BCUT2D eigenvalue weighted by Crippen LogP contribution is -2.33. The summed E-state index contributed by atoms with van der Waals surface area (Å²) in [5.74, 6) is 0.901. The zero-order chi connectivity index (χ0) is 12.4. The number of fused-ring (bicyclic) bond motifs is 1. The second kappa shape index (κ2) is 4.89. The van der Waals surface area contributed by atoms with Crippen molar-refractivity contribution < 1.29 is 4.79 Å². The fourth-order valence-electron chi connectivity index (χ4n) is 2.15. The third-order valence-corrected chi connectivity index (χ3v) is 4.02. The molecule has 3 rings (SSSR count). The van der Waals surface area contributed by atoms with Crippen molar-refractivity contribution in [3.8, 4) is 0 Å². The molecule has 18 heavy (non-hydrogen) atoms. The molecular formula is C12H14N4OS. The summed E-state index contributed by atoms with van der Waals surface area (Å²) in [6.07, 6.45) is 3.76. The molecule has 2 aromatic heterocycles. The highest BCUT2D eigenvalue weighted by Crippen LogP contribution is 2.24. The second-order valence-corrected chi connectivity index (χ2v) is 5.21. The van der Waals surface area contributed by atoms with Gasteiger partial charge in [0.25, 0.3) is 0 Å². The van der Waals surface area contributed by atoms with Crippen molar-refractivity contribution in [3.05, 3.63) is 17.8 Å². The predicted molar refractivity (Wildman–Crippen MR) is 71.7 cm³/mol. The van der Waals surface area contributed by atoms with Crippen molar-refractivity contribution in [1.29, 1.82) is 0 Å². The van der Waals surface area contributed by atoms with Gasteiger partial charge in [0.05, 0.1) is 16.8 Å². The number of anilines is 1. The number of carbonyl (C=O) groups excluding carboxylic acids is 1. The summed E-state index contributed by atoms with van der Waals surface area (Å²) in [6.45, 7) is 2.08. The molecule has 1 aliphatic heterocycles. The Kier molecular flexibility index (Phi) is 3.10. The van der Waals surface area contributed by atoms with Gasteiger partial charge in [-0.25, -0.2) is 9.97 Å². The third-order valence-electron chi connectivity index (χ3n) is 3.11. The number of likely N-dealkylation sites (tertiary alicyclic amines) is 1. The van der Waals surface area contributed by atoms with Crippen molar-refractivity contribution in [2.24, 2.45) is 0 Å². The van der Waals surface area contributed by atoms with Gasteiger partial charge >= 0.3 is 0 Å². The van der Waals surface area contributed by atoms with E-state index in [0.29, 0.717) is 6.54 Å². The molecule has 6 heteroatoms. The van der Waals surface area contributed by atoms with E-state index < -0.39 is 0 Å². The highest BCUT2D eigenvalue weighted by Gasteiger charge is 2.17. The molecule has 0 spiro atoms. The maximum atomic E-state index is 11.9. The number of hydrogen-bond donors (Lipinski definition) is 1. The summed E-state index contributed by atoms with van der Waals surface area (Å²) in [6, 6.07) is 1.95. The van der Waals surface area contributed by atoms with Gasteiger partial charge in [0.2, 0.25) is 5.91 Å². The Labute approximate surface area is 109 Å². The summed E-state index contributed by atoms with van der Waals surface area (Å²) >= 11 is 1.59. The van der Waals surface area contributed by atoms with Gasteiger partial charge in [0.1, 0.15) is 12.1 Å². The van der Waals surface area contributed by atoms with Crippen LogP contribution in [0.3, 0.4) is 0 Å². The van der Waals surface area contributed by atoms with Gasteiger partial charge in [0, 0.05) is 13.1 Å². The third kappa shape index (κ3) is 2.15. The Bertz CT molecular complexity index is 562. The molecule has 1 fully saturated rings. The van der Waals surface area contributed by atoms with Crippen LogP contribution < -0.4 is 5.32 Å². The Morgan fingerprint density at radius 2 is 2.22 bits per heavy atom. The first-order chi connectivity index (χ1) is 8.84. The van der Waals surface area contributed by atoms with E-state index in [1.807, 2.05) is 16.3 Å². The van der Waals surface area contributed by atoms with Crippen LogP contribution in [0.5, 0.6) is 0 Å². The van der Waals surface area contributed by atoms with Gasteiger partial charge < -0.3 is 10.2 Å². The van der Waals surface area contributed by atoms with Gasteiger partial charge in [-0.15, -0.1) is 11.3 Å². The summed E-state index contributed by atoms with van der Waals surface area (Å²) in [7, 11) is 0. The number of nitrogens with zero attached hydrogens (tertiary/aromatic N) is 3. The maximum absolute atomic E-state index is 11.9. The minimum absolute atomic E-state index is 0.149. The van der Waals surface area contributed by atoms with Gasteiger partial charge in [-0.3, -0.25) is 4.79 Å². The zero-order valence-electron chi connectivity index (χ0n) is 9.93. The minimum atomic E-state index is 0.149. The van der Waals surface area contributed by atoms with Gasteiger partial charge in [0.15, 0.2) is 0 Å². The van der Waals surface area contributed by atoms with Crippen molar-refractivity contribution >= 4 is 33.3 Å². The van der Waals surface area contributed by atoms with E-state index >= 15 is 0 Å². The Hall–Kier alpha value is -1.69. The molecule has 5 nitrogen and oxygen atoms in total. The lowest BCUT2D eigenvalue weighted by molar-refractivity contribution is -0.128. The molecule has 0 saturated carbocycles. The first kappa shape index (κ1) is 11.4. The molecule has 2 aromatic rings. The molecule has 1 aliphatic rings. The second-order valence-electron chi connectivity index (χ2n) is 4.30. The van der Waals surface area contributed by atoms with Crippen LogP contribution in [0.1, 0.15) is 12.8 Å². The van der Waals surface area contributed by atoms with E-state index in [0.717, 1.165) is 42.0 Å². The van der Waals surface area contributed by atoms with Crippen LogP contribution in [0.4, 0.5) is 5.82 Å². The van der Waals surface area contributed by atoms with E-state index in [1.54, 1.807) is 11.3 Å². The normalized spacial score (nSPS) is 15.2. The van der Waals surface area contributed by atoms with Gasteiger partial charge in [-0.2, -0.15) is 0 Å². The Morgan fingerprint density at radius 3 is 3.06 bits per heavy atom. The summed E-state index contributed by atoms with van der Waals surface area (Å²) in [5, 5.41) is 5.10. The van der Waals surface area contributed by atoms with E-state index in [1.165, 1.54) is 6.33 Å². The van der Waals surface area contributed by atoms with Crippen LogP contribution in [0.2, 0.25) is 0 Å². The Balaban J connectivity index is 1.69.